The molecule has 0 bridgehead atoms. The molecule has 0 radical (unpaired) electrons. The minimum atomic E-state index is -0.184. The first-order valence-corrected chi connectivity index (χ1v) is 7.63. The molecule has 1 saturated heterocycles. The fraction of sp³-hybridized carbons (Fsp3) is 0.812. The summed E-state index contributed by atoms with van der Waals surface area (Å²) in [4.78, 5) is 36.7. The maximum absolute atomic E-state index is 12.2. The molecular formula is C16H27NO3. The summed E-state index contributed by atoms with van der Waals surface area (Å²) >= 11 is 0. The average molecular weight is 281 g/mol. The third-order valence-corrected chi connectivity index (χ3v) is 4.02. The number of hydrogen-bond donors (Lipinski definition) is 0. The molecule has 1 aliphatic rings. The molecule has 0 aliphatic carbocycles. The van der Waals surface area contributed by atoms with E-state index in [0.717, 1.165) is 19.3 Å². The van der Waals surface area contributed by atoms with Crippen molar-refractivity contribution in [1.82, 2.24) is 4.90 Å². The van der Waals surface area contributed by atoms with Crippen LogP contribution in [0.25, 0.3) is 0 Å². The van der Waals surface area contributed by atoms with Crippen LogP contribution < -0.4 is 0 Å². The zero-order valence-corrected chi connectivity index (χ0v) is 13.2. The summed E-state index contributed by atoms with van der Waals surface area (Å²) in [5.74, 6) is 0.0366. The summed E-state index contributed by atoms with van der Waals surface area (Å²) in [5.41, 5.74) is -0.158. The lowest BCUT2D eigenvalue weighted by Gasteiger charge is -2.24. The van der Waals surface area contributed by atoms with Crippen LogP contribution in [0.2, 0.25) is 0 Å². The predicted molar refractivity (Wildman–Crippen MR) is 78.0 cm³/mol. The molecule has 4 nitrogen and oxygen atoms in total. The van der Waals surface area contributed by atoms with Crippen molar-refractivity contribution in [2.24, 2.45) is 11.3 Å². The van der Waals surface area contributed by atoms with Crippen molar-refractivity contribution in [3.05, 3.63) is 0 Å². The highest BCUT2D eigenvalue weighted by molar-refractivity contribution is 6.03. The van der Waals surface area contributed by atoms with Crippen LogP contribution in [0, 0.1) is 11.3 Å². The van der Waals surface area contributed by atoms with Gasteiger partial charge in [0.15, 0.2) is 0 Å². The Morgan fingerprint density at radius 2 is 1.85 bits per heavy atom. The van der Waals surface area contributed by atoms with Crippen molar-refractivity contribution in [2.45, 2.75) is 66.2 Å². The first-order valence-electron chi connectivity index (χ1n) is 7.63. The molecule has 0 saturated carbocycles. The molecule has 0 aromatic heterocycles. The molecule has 4 heteroatoms. The van der Waals surface area contributed by atoms with Gasteiger partial charge < -0.3 is 0 Å². The van der Waals surface area contributed by atoms with Gasteiger partial charge in [-0.3, -0.25) is 19.3 Å². The summed E-state index contributed by atoms with van der Waals surface area (Å²) in [5, 5.41) is 0. The number of Topliss-reactive ketones (excluding diaryl/α,β-unsaturated/α-hetero) is 1. The van der Waals surface area contributed by atoms with Crippen molar-refractivity contribution in [1.29, 1.82) is 0 Å². The van der Waals surface area contributed by atoms with E-state index in [9.17, 15) is 14.4 Å². The smallest absolute Gasteiger partial charge is 0.233 e. The van der Waals surface area contributed by atoms with E-state index < -0.39 is 0 Å². The number of carbonyl (C=O) groups is 3. The summed E-state index contributed by atoms with van der Waals surface area (Å²) < 4.78 is 0. The SMILES string of the molecule is CCC(=O)CCCCCN1C(=O)CC(C(C)(C)C)C1=O. The Bertz CT molecular complexity index is 382. The van der Waals surface area contributed by atoms with Gasteiger partial charge in [0, 0.05) is 25.8 Å². The Hall–Kier alpha value is -1.19. The van der Waals surface area contributed by atoms with Crippen LogP contribution in [0.15, 0.2) is 0 Å². The van der Waals surface area contributed by atoms with Gasteiger partial charge in [-0.25, -0.2) is 0 Å². The van der Waals surface area contributed by atoms with E-state index in [1.807, 2.05) is 27.7 Å². The molecule has 0 N–H and O–H groups in total. The first-order chi connectivity index (χ1) is 9.27. The number of carbonyl (C=O) groups excluding carboxylic acids is 3. The molecule has 0 aromatic carbocycles. The number of likely N-dealkylation sites (tertiary alicyclic amines) is 1. The number of unbranched alkanes of at least 4 members (excludes halogenated alkanes) is 2. The Morgan fingerprint density at radius 1 is 1.20 bits per heavy atom. The maximum Gasteiger partial charge on any atom is 0.233 e. The monoisotopic (exact) mass is 281 g/mol. The highest BCUT2D eigenvalue weighted by Crippen LogP contribution is 2.35. The van der Waals surface area contributed by atoms with Crippen LogP contribution in [-0.4, -0.2) is 29.0 Å². The Kier molecular flexibility index (Phi) is 5.90. The van der Waals surface area contributed by atoms with E-state index in [1.54, 1.807) is 0 Å². The summed E-state index contributed by atoms with van der Waals surface area (Å²) in [6.07, 6.45) is 4.09. The Labute approximate surface area is 121 Å². The maximum atomic E-state index is 12.2. The van der Waals surface area contributed by atoms with Gasteiger partial charge in [0.2, 0.25) is 11.8 Å². The number of ketones is 1. The van der Waals surface area contributed by atoms with Crippen molar-refractivity contribution < 1.29 is 14.4 Å². The molecule has 1 atom stereocenters. The molecule has 1 aliphatic heterocycles. The number of rotatable bonds is 7. The van der Waals surface area contributed by atoms with Gasteiger partial charge in [0.05, 0.1) is 5.92 Å². The van der Waals surface area contributed by atoms with Crippen LogP contribution in [0.4, 0.5) is 0 Å². The summed E-state index contributed by atoms with van der Waals surface area (Å²) in [6.45, 7) is 8.38. The lowest BCUT2D eigenvalue weighted by molar-refractivity contribution is -0.140. The van der Waals surface area contributed by atoms with Crippen LogP contribution >= 0.6 is 0 Å². The van der Waals surface area contributed by atoms with Crippen LogP contribution in [0.3, 0.4) is 0 Å². The number of imide groups is 1. The lowest BCUT2D eigenvalue weighted by Crippen LogP contribution is -2.34. The second kappa shape index (κ2) is 7.00. The zero-order chi connectivity index (χ0) is 15.3. The first kappa shape index (κ1) is 16.9. The molecule has 1 unspecified atom stereocenters. The molecule has 20 heavy (non-hydrogen) atoms. The van der Waals surface area contributed by atoms with Crippen LogP contribution in [0.1, 0.15) is 66.2 Å². The Morgan fingerprint density at radius 3 is 2.35 bits per heavy atom. The normalized spacial score (nSPS) is 19.8. The van der Waals surface area contributed by atoms with Gasteiger partial charge in [-0.05, 0) is 18.3 Å². The highest BCUT2D eigenvalue weighted by atomic mass is 16.2. The molecule has 0 aromatic rings. The highest BCUT2D eigenvalue weighted by Gasteiger charge is 2.44. The van der Waals surface area contributed by atoms with E-state index in [0.29, 0.717) is 25.8 Å². The zero-order valence-electron chi connectivity index (χ0n) is 13.2. The fourth-order valence-corrected chi connectivity index (χ4v) is 2.54. The minimum absolute atomic E-state index is 0.0212. The standard InChI is InChI=1S/C16H27NO3/c1-5-12(18)9-7-6-8-10-17-14(19)11-13(15(17)20)16(2,3)4/h13H,5-11H2,1-4H3. The van der Waals surface area contributed by atoms with Crippen LogP contribution in [0.5, 0.6) is 0 Å². The summed E-state index contributed by atoms with van der Waals surface area (Å²) in [6, 6.07) is 0. The fourth-order valence-electron chi connectivity index (χ4n) is 2.54. The lowest BCUT2D eigenvalue weighted by atomic mass is 9.80. The van der Waals surface area contributed by atoms with Crippen molar-refractivity contribution >= 4 is 17.6 Å². The molecule has 1 rings (SSSR count). The number of nitrogens with zero attached hydrogens (tertiary/aromatic N) is 1. The molecular weight excluding hydrogens is 254 g/mol. The van der Waals surface area contributed by atoms with Gasteiger partial charge in [-0.2, -0.15) is 0 Å². The van der Waals surface area contributed by atoms with Gasteiger partial charge in [0.25, 0.3) is 0 Å². The number of hydrogen-bond acceptors (Lipinski definition) is 3. The molecule has 1 fully saturated rings. The van der Waals surface area contributed by atoms with Gasteiger partial charge in [-0.1, -0.05) is 34.1 Å². The van der Waals surface area contributed by atoms with Gasteiger partial charge in [0.1, 0.15) is 5.78 Å². The topological polar surface area (TPSA) is 54.5 Å². The predicted octanol–water partition coefficient (Wildman–Crippen LogP) is 2.95. The second-order valence-corrected chi connectivity index (χ2v) is 6.71. The Balaban J connectivity index is 2.36. The van der Waals surface area contributed by atoms with Crippen LogP contribution in [-0.2, 0) is 14.4 Å². The van der Waals surface area contributed by atoms with E-state index in [-0.39, 0.29) is 28.9 Å². The molecule has 2 amide bonds. The third-order valence-electron chi connectivity index (χ3n) is 4.02. The second-order valence-electron chi connectivity index (χ2n) is 6.71. The van der Waals surface area contributed by atoms with E-state index in [2.05, 4.69) is 0 Å². The van der Waals surface area contributed by atoms with E-state index in [4.69, 9.17) is 0 Å². The van der Waals surface area contributed by atoms with Gasteiger partial charge >= 0.3 is 0 Å². The number of amides is 2. The largest absolute Gasteiger partial charge is 0.300 e. The quantitative estimate of drug-likeness (QED) is 0.532. The van der Waals surface area contributed by atoms with Crippen molar-refractivity contribution in [3.63, 3.8) is 0 Å². The third kappa shape index (κ3) is 4.43. The molecule has 1 heterocycles. The van der Waals surface area contributed by atoms with E-state index >= 15 is 0 Å². The summed E-state index contributed by atoms with van der Waals surface area (Å²) in [7, 11) is 0. The van der Waals surface area contributed by atoms with Gasteiger partial charge in [-0.15, -0.1) is 0 Å². The molecule has 114 valence electrons. The van der Waals surface area contributed by atoms with Crippen molar-refractivity contribution in [2.75, 3.05) is 6.54 Å². The van der Waals surface area contributed by atoms with Crippen molar-refractivity contribution in [3.8, 4) is 0 Å². The molecule has 0 spiro atoms. The average Bonchev–Trinajstić information content (AvgIpc) is 2.65. The minimum Gasteiger partial charge on any atom is -0.300 e. The van der Waals surface area contributed by atoms with E-state index in [1.165, 1.54) is 4.90 Å².